The highest BCUT2D eigenvalue weighted by Gasteiger charge is 2.33. The largest absolute Gasteiger partial charge is 0.412 e. The van der Waals surface area contributed by atoms with E-state index >= 15 is 0 Å². The van der Waals surface area contributed by atoms with E-state index in [9.17, 15) is 0 Å². The third-order valence-electron chi connectivity index (χ3n) is 7.49. The second-order valence-electron chi connectivity index (χ2n) is 8.90. The van der Waals surface area contributed by atoms with E-state index in [2.05, 4.69) is 26.0 Å². The third kappa shape index (κ3) is 5.08. The zero-order valence-corrected chi connectivity index (χ0v) is 15.6. The Balaban J connectivity index is 0.00000192. The summed E-state index contributed by atoms with van der Waals surface area (Å²) in [6.45, 7) is 4.64. The van der Waals surface area contributed by atoms with Crippen molar-refractivity contribution in [1.82, 2.24) is 0 Å². The zero-order chi connectivity index (χ0) is 15.4. The minimum Gasteiger partial charge on any atom is -0.412 e. The first-order chi connectivity index (χ1) is 10.8. The first kappa shape index (κ1) is 19.0. The Morgan fingerprint density at radius 2 is 0.957 bits per heavy atom. The van der Waals surface area contributed by atoms with Crippen LogP contribution in [0.25, 0.3) is 0 Å². The van der Waals surface area contributed by atoms with Crippen molar-refractivity contribution in [2.75, 3.05) is 0 Å². The molecule has 3 aliphatic rings. The molecule has 0 aromatic rings. The molecular weight excluding hydrogens is 280 g/mol. The molecule has 3 saturated carbocycles. The van der Waals surface area contributed by atoms with E-state index < -0.39 is 0 Å². The molecule has 0 aliphatic heterocycles. The van der Waals surface area contributed by atoms with Crippen molar-refractivity contribution in [2.24, 2.45) is 35.5 Å². The van der Waals surface area contributed by atoms with Crippen LogP contribution in [0.2, 0.25) is 0 Å². The van der Waals surface area contributed by atoms with E-state index in [0.29, 0.717) is 0 Å². The number of allylic oxidation sites excluding steroid dienone is 2. The molecule has 0 spiro atoms. The van der Waals surface area contributed by atoms with Gasteiger partial charge < -0.3 is 5.48 Å². The van der Waals surface area contributed by atoms with Gasteiger partial charge in [-0.25, -0.2) is 0 Å². The first-order valence-corrected chi connectivity index (χ1v) is 10.4. The summed E-state index contributed by atoms with van der Waals surface area (Å²) in [5, 5.41) is 0. The smallest absolute Gasteiger partial charge is 0 e. The van der Waals surface area contributed by atoms with Gasteiger partial charge in [0.05, 0.1) is 0 Å². The lowest BCUT2D eigenvalue weighted by Gasteiger charge is -2.41. The van der Waals surface area contributed by atoms with Crippen molar-refractivity contribution in [3.63, 3.8) is 0 Å². The van der Waals surface area contributed by atoms with Gasteiger partial charge in [0.25, 0.3) is 0 Å². The highest BCUT2D eigenvalue weighted by atomic mass is 16.0. The van der Waals surface area contributed by atoms with Gasteiger partial charge in [-0.2, -0.15) is 0 Å². The second kappa shape index (κ2) is 9.25. The van der Waals surface area contributed by atoms with Crippen molar-refractivity contribution in [3.05, 3.63) is 12.2 Å². The monoisotopic (exact) mass is 324 g/mol. The van der Waals surface area contributed by atoms with Crippen LogP contribution in [0.15, 0.2) is 12.2 Å². The van der Waals surface area contributed by atoms with E-state index in [4.69, 9.17) is 0 Å². The van der Waals surface area contributed by atoms with Crippen LogP contribution in [0, 0.1) is 35.5 Å². The summed E-state index contributed by atoms with van der Waals surface area (Å²) >= 11 is 0. The minimum atomic E-state index is 0. The van der Waals surface area contributed by atoms with E-state index in [1.165, 1.54) is 38.5 Å². The highest BCUT2D eigenvalue weighted by molar-refractivity contribution is 4.91. The molecule has 0 saturated heterocycles. The SMILES string of the molecule is C/C=C/C1CCC(C2CCC(C3CCC(C)CC3)CC2)CC1.O.[HH].[HH]. The molecule has 0 aromatic carbocycles. The minimum absolute atomic E-state index is 0. The Morgan fingerprint density at radius 1 is 0.609 bits per heavy atom. The van der Waals surface area contributed by atoms with Gasteiger partial charge in [0.2, 0.25) is 0 Å². The lowest BCUT2D eigenvalue weighted by molar-refractivity contribution is 0.110. The quantitative estimate of drug-likeness (QED) is 0.519. The Kier molecular flexibility index (Phi) is 7.66. The molecule has 0 unspecified atom stereocenters. The van der Waals surface area contributed by atoms with Crippen LogP contribution >= 0.6 is 0 Å². The molecule has 0 atom stereocenters. The topological polar surface area (TPSA) is 31.5 Å². The fraction of sp³-hybridized carbons (Fsp3) is 0.909. The average molecular weight is 325 g/mol. The Morgan fingerprint density at radius 3 is 1.35 bits per heavy atom. The Labute approximate surface area is 147 Å². The molecule has 1 heteroatoms. The van der Waals surface area contributed by atoms with Gasteiger partial charge in [-0.15, -0.1) is 0 Å². The van der Waals surface area contributed by atoms with Gasteiger partial charge >= 0.3 is 0 Å². The number of hydrogen-bond acceptors (Lipinski definition) is 0. The number of rotatable bonds is 3. The summed E-state index contributed by atoms with van der Waals surface area (Å²) in [6, 6.07) is 0. The molecule has 3 fully saturated rings. The van der Waals surface area contributed by atoms with Gasteiger partial charge in [0.1, 0.15) is 0 Å². The Hall–Kier alpha value is -0.300. The van der Waals surface area contributed by atoms with Crippen LogP contribution in [0.1, 0.15) is 93.8 Å². The number of hydrogen-bond donors (Lipinski definition) is 0. The molecule has 23 heavy (non-hydrogen) atoms. The van der Waals surface area contributed by atoms with Crippen LogP contribution in [0.4, 0.5) is 0 Å². The van der Waals surface area contributed by atoms with Gasteiger partial charge in [0.15, 0.2) is 0 Å². The fourth-order valence-corrected chi connectivity index (χ4v) is 5.93. The third-order valence-corrected chi connectivity index (χ3v) is 7.49. The summed E-state index contributed by atoms with van der Waals surface area (Å²) in [5.41, 5.74) is 0. The summed E-state index contributed by atoms with van der Waals surface area (Å²) in [5.74, 6) is 6.28. The lowest BCUT2D eigenvalue weighted by Crippen LogP contribution is -2.29. The second-order valence-corrected chi connectivity index (χ2v) is 8.90. The summed E-state index contributed by atoms with van der Waals surface area (Å²) in [7, 11) is 0. The molecule has 0 radical (unpaired) electrons. The van der Waals surface area contributed by atoms with Gasteiger partial charge in [0, 0.05) is 2.85 Å². The predicted octanol–water partition coefficient (Wildman–Crippen LogP) is 6.67. The summed E-state index contributed by atoms with van der Waals surface area (Å²) in [4.78, 5) is 0. The van der Waals surface area contributed by atoms with Crippen LogP contribution < -0.4 is 0 Å². The molecule has 138 valence electrons. The maximum absolute atomic E-state index is 2.46. The summed E-state index contributed by atoms with van der Waals surface area (Å²) in [6.07, 6.45) is 23.1. The molecule has 2 N–H and O–H groups in total. The molecule has 3 aliphatic carbocycles. The van der Waals surface area contributed by atoms with Crippen LogP contribution in [0.5, 0.6) is 0 Å². The molecule has 0 heterocycles. The standard InChI is InChI=1S/C22H38.H2O.2H2/c1-3-4-18-7-11-20(12-8-18)22-15-13-21(14-16-22)19-9-5-17(2)6-10-19;;;/h3-4,17-22H,5-16H2,1-2H3;1H2;2*1H/b4-3+;;;. The van der Waals surface area contributed by atoms with Crippen molar-refractivity contribution in [2.45, 2.75) is 90.9 Å². The van der Waals surface area contributed by atoms with Crippen LogP contribution in [-0.4, -0.2) is 5.48 Å². The van der Waals surface area contributed by atoms with E-state index in [0.717, 1.165) is 35.5 Å². The van der Waals surface area contributed by atoms with E-state index in [1.807, 2.05) is 0 Å². The maximum atomic E-state index is 2.46. The van der Waals surface area contributed by atoms with Gasteiger partial charge in [-0.1, -0.05) is 31.9 Å². The highest BCUT2D eigenvalue weighted by Crippen LogP contribution is 2.45. The molecule has 0 bridgehead atoms. The maximum Gasteiger partial charge on any atom is 0 e. The van der Waals surface area contributed by atoms with Crippen molar-refractivity contribution >= 4 is 0 Å². The average Bonchev–Trinajstić information content (AvgIpc) is 2.57. The predicted molar refractivity (Wildman–Crippen MR) is 105 cm³/mol. The molecular formula is C22H44O. The first-order valence-electron chi connectivity index (χ1n) is 10.4. The Bertz CT molecular complexity index is 347. The molecule has 0 aromatic heterocycles. The molecule has 3 rings (SSSR count). The van der Waals surface area contributed by atoms with Gasteiger partial charge in [-0.05, 0) is 107 Å². The molecule has 0 amide bonds. The van der Waals surface area contributed by atoms with Crippen LogP contribution in [-0.2, 0) is 0 Å². The van der Waals surface area contributed by atoms with Crippen molar-refractivity contribution < 1.29 is 8.33 Å². The van der Waals surface area contributed by atoms with Crippen molar-refractivity contribution in [1.29, 1.82) is 0 Å². The normalized spacial score (nSPS) is 42.3. The lowest BCUT2D eigenvalue weighted by atomic mass is 9.65. The van der Waals surface area contributed by atoms with E-state index in [1.54, 1.807) is 38.5 Å². The zero-order valence-electron chi connectivity index (χ0n) is 15.6. The molecule has 1 nitrogen and oxygen atoms in total. The van der Waals surface area contributed by atoms with Crippen molar-refractivity contribution in [3.8, 4) is 0 Å². The van der Waals surface area contributed by atoms with E-state index in [-0.39, 0.29) is 8.33 Å². The van der Waals surface area contributed by atoms with Crippen LogP contribution in [0.3, 0.4) is 0 Å². The fourth-order valence-electron chi connectivity index (χ4n) is 5.93. The summed E-state index contributed by atoms with van der Waals surface area (Å²) < 4.78 is 0. The van der Waals surface area contributed by atoms with Gasteiger partial charge in [-0.3, -0.25) is 0 Å².